The number of hydrogen-bond donors (Lipinski definition) is 0. The Kier molecular flexibility index (Phi) is 7.97. The van der Waals surface area contributed by atoms with Crippen LogP contribution >= 0.6 is 0 Å². The summed E-state index contributed by atoms with van der Waals surface area (Å²) in [6.45, 7) is 3.56. The third-order valence-corrected chi connectivity index (χ3v) is 2.55. The molecule has 0 aromatic heterocycles. The van der Waals surface area contributed by atoms with E-state index in [1.807, 2.05) is 37.3 Å². The average molecular weight is 308 g/mol. The second-order valence-corrected chi connectivity index (χ2v) is 4.81. The molecule has 2 rings (SSSR count). The third kappa shape index (κ3) is 6.57. The van der Waals surface area contributed by atoms with Crippen LogP contribution in [0.2, 0.25) is 0 Å². The van der Waals surface area contributed by atoms with Crippen LogP contribution in [0, 0.1) is 6.92 Å². The van der Waals surface area contributed by atoms with Gasteiger partial charge in [0, 0.05) is 0 Å². The van der Waals surface area contributed by atoms with Gasteiger partial charge in [-0.2, -0.15) is 8.78 Å². The summed E-state index contributed by atoms with van der Waals surface area (Å²) in [6.07, 6.45) is 1.25. The number of rotatable bonds is 5. The highest BCUT2D eigenvalue weighted by Gasteiger charge is 2.11. The highest BCUT2D eigenvalue weighted by molar-refractivity contribution is 5.42. The van der Waals surface area contributed by atoms with Crippen LogP contribution in [0.3, 0.4) is 0 Å². The maximum atomic E-state index is 12.3. The Labute approximate surface area is 130 Å². The summed E-state index contributed by atoms with van der Waals surface area (Å²) in [6, 6.07) is 14.4. The molecule has 22 heavy (non-hydrogen) atoms. The van der Waals surface area contributed by atoms with Gasteiger partial charge in [-0.25, -0.2) is 0 Å². The van der Waals surface area contributed by atoms with Crippen molar-refractivity contribution < 1.29 is 18.3 Å². The van der Waals surface area contributed by atoms with Gasteiger partial charge in [0.1, 0.15) is 6.61 Å². The fourth-order valence-corrected chi connectivity index (χ4v) is 1.66. The van der Waals surface area contributed by atoms with Crippen LogP contribution in [-0.4, -0.2) is 6.61 Å². The van der Waals surface area contributed by atoms with Crippen molar-refractivity contribution in [3.8, 4) is 11.5 Å². The molecule has 0 spiro atoms. The maximum Gasteiger partial charge on any atom is 0.387 e. The van der Waals surface area contributed by atoms with Gasteiger partial charge in [0.15, 0.2) is 11.5 Å². The molecule has 0 fully saturated rings. The van der Waals surface area contributed by atoms with Gasteiger partial charge in [-0.1, -0.05) is 56.7 Å². The lowest BCUT2D eigenvalue weighted by Gasteiger charge is -2.12. The van der Waals surface area contributed by atoms with Gasteiger partial charge < -0.3 is 9.47 Å². The first kappa shape index (κ1) is 18.0. The monoisotopic (exact) mass is 308 g/mol. The molecule has 0 N–H and O–H groups in total. The molecule has 0 saturated carbocycles. The predicted octanol–water partition coefficient (Wildman–Crippen LogP) is 5.59. The van der Waals surface area contributed by atoms with Crippen molar-refractivity contribution in [1.82, 2.24) is 0 Å². The maximum absolute atomic E-state index is 12.3. The van der Waals surface area contributed by atoms with Crippen molar-refractivity contribution in [1.29, 1.82) is 0 Å². The van der Waals surface area contributed by atoms with Crippen molar-refractivity contribution in [2.24, 2.45) is 0 Å². The van der Waals surface area contributed by atoms with E-state index in [0.717, 1.165) is 11.1 Å². The fourth-order valence-electron chi connectivity index (χ4n) is 1.66. The minimum atomic E-state index is -2.86. The molecular weight excluding hydrogens is 286 g/mol. The largest absolute Gasteiger partial charge is 0.485 e. The Bertz CT molecular complexity index is 542. The molecule has 0 atom stereocenters. The summed E-state index contributed by atoms with van der Waals surface area (Å²) in [7, 11) is 0. The number of ether oxygens (including phenoxy) is 2. The number of alkyl halides is 2. The van der Waals surface area contributed by atoms with Crippen LogP contribution in [0.4, 0.5) is 8.78 Å². The molecular formula is C18H22F2O2. The lowest BCUT2D eigenvalue weighted by molar-refractivity contribution is -0.0516. The molecule has 2 aromatic carbocycles. The Morgan fingerprint density at radius 2 is 1.59 bits per heavy atom. The summed E-state index contributed by atoms with van der Waals surface area (Å²) < 4.78 is 34.6. The van der Waals surface area contributed by atoms with E-state index >= 15 is 0 Å². The van der Waals surface area contributed by atoms with Crippen LogP contribution in [0.5, 0.6) is 11.5 Å². The van der Waals surface area contributed by atoms with Gasteiger partial charge in [0.25, 0.3) is 0 Å². The van der Waals surface area contributed by atoms with E-state index < -0.39 is 6.61 Å². The summed E-state index contributed by atoms with van der Waals surface area (Å²) in [4.78, 5) is 0. The number of benzene rings is 2. The zero-order valence-electron chi connectivity index (χ0n) is 13.2. The summed E-state index contributed by atoms with van der Waals surface area (Å²) in [5.74, 6) is 0.376. The molecule has 0 bridgehead atoms. The molecule has 0 aliphatic rings. The van der Waals surface area contributed by atoms with Gasteiger partial charge in [-0.05, 0) is 30.2 Å². The molecule has 0 unspecified atom stereocenters. The lowest BCUT2D eigenvalue weighted by atomic mass is 10.2. The molecule has 0 radical (unpaired) electrons. The van der Waals surface area contributed by atoms with Crippen molar-refractivity contribution in [3.63, 3.8) is 0 Å². The summed E-state index contributed by atoms with van der Waals surface area (Å²) in [5.41, 5.74) is 1.89. The van der Waals surface area contributed by atoms with Crippen LogP contribution in [0.1, 0.15) is 31.4 Å². The highest BCUT2D eigenvalue weighted by Crippen LogP contribution is 2.30. The number of aryl methyl sites for hydroxylation is 1. The van der Waals surface area contributed by atoms with Gasteiger partial charge in [-0.3, -0.25) is 0 Å². The van der Waals surface area contributed by atoms with E-state index in [1.54, 1.807) is 12.1 Å². The van der Waals surface area contributed by atoms with E-state index in [-0.39, 0.29) is 5.75 Å². The van der Waals surface area contributed by atoms with Gasteiger partial charge in [0.05, 0.1) is 0 Å². The van der Waals surface area contributed by atoms with Crippen molar-refractivity contribution >= 4 is 0 Å². The first-order valence-corrected chi connectivity index (χ1v) is 7.29. The Morgan fingerprint density at radius 3 is 2.18 bits per heavy atom. The van der Waals surface area contributed by atoms with Crippen molar-refractivity contribution in [2.75, 3.05) is 0 Å². The standard InChI is InChI=1S/C15H14F2O2.C3H8/c1-11-7-8-13(19-15(16)17)14(9-11)18-10-12-5-3-2-4-6-12;1-3-2/h2-9,15H,10H2,1H3;3H2,1-2H3. The highest BCUT2D eigenvalue weighted by atomic mass is 19.3. The van der Waals surface area contributed by atoms with Crippen molar-refractivity contribution in [3.05, 3.63) is 59.7 Å². The van der Waals surface area contributed by atoms with Crippen LogP contribution in [0.25, 0.3) is 0 Å². The molecule has 2 aromatic rings. The van der Waals surface area contributed by atoms with E-state index in [0.29, 0.717) is 12.4 Å². The van der Waals surface area contributed by atoms with E-state index in [9.17, 15) is 8.78 Å². The van der Waals surface area contributed by atoms with Crippen LogP contribution < -0.4 is 9.47 Å². The molecule has 0 amide bonds. The second kappa shape index (κ2) is 9.77. The van der Waals surface area contributed by atoms with E-state index in [4.69, 9.17) is 4.74 Å². The minimum Gasteiger partial charge on any atom is -0.485 e. The number of halogens is 2. The zero-order valence-corrected chi connectivity index (χ0v) is 13.2. The average Bonchev–Trinajstić information content (AvgIpc) is 2.49. The second-order valence-electron chi connectivity index (χ2n) is 4.81. The molecule has 4 heteroatoms. The van der Waals surface area contributed by atoms with E-state index in [2.05, 4.69) is 18.6 Å². The molecule has 2 nitrogen and oxygen atoms in total. The fraction of sp³-hybridized carbons (Fsp3) is 0.333. The predicted molar refractivity (Wildman–Crippen MR) is 84.6 cm³/mol. The first-order chi connectivity index (χ1) is 10.6. The third-order valence-electron chi connectivity index (χ3n) is 2.55. The topological polar surface area (TPSA) is 18.5 Å². The lowest BCUT2D eigenvalue weighted by Crippen LogP contribution is -2.05. The zero-order chi connectivity index (χ0) is 16.4. The smallest absolute Gasteiger partial charge is 0.387 e. The van der Waals surface area contributed by atoms with Gasteiger partial charge in [-0.15, -0.1) is 0 Å². The first-order valence-electron chi connectivity index (χ1n) is 7.29. The van der Waals surface area contributed by atoms with Crippen molar-refractivity contribution in [2.45, 2.75) is 40.4 Å². The quantitative estimate of drug-likeness (QED) is 0.716. The van der Waals surface area contributed by atoms with E-state index in [1.165, 1.54) is 12.5 Å². The molecule has 0 heterocycles. The molecule has 0 aliphatic carbocycles. The SMILES string of the molecule is CCC.Cc1ccc(OC(F)F)c(OCc2ccccc2)c1. The molecule has 0 saturated heterocycles. The van der Waals surface area contributed by atoms with Crippen LogP contribution in [0.15, 0.2) is 48.5 Å². The Hall–Kier alpha value is -2.10. The van der Waals surface area contributed by atoms with Gasteiger partial charge in [0.2, 0.25) is 0 Å². The minimum absolute atomic E-state index is 0.0523. The molecule has 120 valence electrons. The Balaban J connectivity index is 0.000000745. The number of hydrogen-bond acceptors (Lipinski definition) is 2. The van der Waals surface area contributed by atoms with Gasteiger partial charge >= 0.3 is 6.61 Å². The normalized spacial score (nSPS) is 9.91. The Morgan fingerprint density at radius 1 is 0.955 bits per heavy atom. The molecule has 0 aliphatic heterocycles. The summed E-state index contributed by atoms with van der Waals surface area (Å²) >= 11 is 0. The summed E-state index contributed by atoms with van der Waals surface area (Å²) in [5, 5.41) is 0. The van der Waals surface area contributed by atoms with Crippen LogP contribution in [-0.2, 0) is 6.61 Å².